The highest BCUT2D eigenvalue weighted by Crippen LogP contribution is 2.47. The second-order valence-corrected chi connectivity index (χ2v) is 6.80. The summed E-state index contributed by atoms with van der Waals surface area (Å²) in [6.45, 7) is 8.26. The second-order valence-electron chi connectivity index (χ2n) is 6.80. The zero-order chi connectivity index (χ0) is 19.9. The van der Waals surface area contributed by atoms with Gasteiger partial charge in [0.25, 0.3) is 5.69 Å². The van der Waals surface area contributed by atoms with Crippen LogP contribution in [0.1, 0.15) is 29.8 Å². The fraction of sp³-hybridized carbons (Fsp3) is 0.211. The summed E-state index contributed by atoms with van der Waals surface area (Å²) in [5.41, 5.74) is 2.72. The third-order valence-corrected chi connectivity index (χ3v) is 4.83. The van der Waals surface area contributed by atoms with Gasteiger partial charge < -0.3 is 10.0 Å². The molecule has 0 aromatic heterocycles. The Kier molecular flexibility index (Phi) is 4.27. The van der Waals surface area contributed by atoms with Crippen molar-refractivity contribution >= 4 is 28.7 Å². The summed E-state index contributed by atoms with van der Waals surface area (Å²) in [5, 5.41) is 28.3. The lowest BCUT2D eigenvalue weighted by Gasteiger charge is -2.22. The first-order valence-electron chi connectivity index (χ1n) is 8.14. The van der Waals surface area contributed by atoms with Crippen LogP contribution in [0.25, 0.3) is 0 Å². The zero-order valence-electron chi connectivity index (χ0n) is 15.1. The van der Waals surface area contributed by atoms with Gasteiger partial charge in [-0.15, -0.1) is 5.11 Å². The van der Waals surface area contributed by atoms with E-state index in [-0.39, 0.29) is 16.7 Å². The number of carboxylic acids is 1. The van der Waals surface area contributed by atoms with E-state index in [2.05, 4.69) is 30.7 Å². The van der Waals surface area contributed by atoms with Crippen LogP contribution in [-0.2, 0) is 5.41 Å². The van der Waals surface area contributed by atoms with E-state index in [1.807, 2.05) is 24.1 Å². The fourth-order valence-corrected chi connectivity index (χ4v) is 3.10. The van der Waals surface area contributed by atoms with Crippen LogP contribution >= 0.6 is 0 Å². The zero-order valence-corrected chi connectivity index (χ0v) is 15.1. The van der Waals surface area contributed by atoms with Crippen molar-refractivity contribution in [3.8, 4) is 0 Å². The largest absolute Gasteiger partial charge is 0.478 e. The number of aromatic carboxylic acids is 1. The molecule has 1 aliphatic rings. The number of rotatable bonds is 4. The van der Waals surface area contributed by atoms with E-state index in [0.717, 1.165) is 23.0 Å². The second kappa shape index (κ2) is 6.31. The van der Waals surface area contributed by atoms with Crippen molar-refractivity contribution in [2.75, 3.05) is 11.9 Å². The number of carboxylic acid groups (broad SMARTS) is 1. The first-order valence-corrected chi connectivity index (χ1v) is 8.14. The number of likely N-dealkylation sites (N-methyl/N-ethyl adjacent to an activating group) is 1. The molecule has 2 aromatic carbocycles. The molecule has 138 valence electrons. The standard InChI is InChI=1S/C19H18N4O4/c1-11-19(2,3)14-10-13(6-8-16(14)22(11)4)20-21-15-7-5-12(18(24)25)9-17(15)23(26)27/h5-10H,1H2,2-4H3,(H,24,25)/b21-20+. The average Bonchev–Trinajstić information content (AvgIpc) is 2.80. The van der Waals surface area contributed by atoms with Gasteiger partial charge in [-0.25, -0.2) is 4.79 Å². The lowest BCUT2D eigenvalue weighted by atomic mass is 9.84. The lowest BCUT2D eigenvalue weighted by molar-refractivity contribution is -0.384. The van der Waals surface area contributed by atoms with Crippen molar-refractivity contribution in [3.05, 3.63) is 69.9 Å². The number of anilines is 1. The van der Waals surface area contributed by atoms with Crippen LogP contribution in [0, 0.1) is 10.1 Å². The van der Waals surface area contributed by atoms with Gasteiger partial charge in [0.1, 0.15) is 0 Å². The maximum Gasteiger partial charge on any atom is 0.335 e. The molecule has 8 nitrogen and oxygen atoms in total. The smallest absolute Gasteiger partial charge is 0.335 e. The molecule has 0 atom stereocenters. The van der Waals surface area contributed by atoms with E-state index in [4.69, 9.17) is 5.11 Å². The number of carbonyl (C=O) groups is 1. The van der Waals surface area contributed by atoms with Crippen molar-refractivity contribution in [1.29, 1.82) is 0 Å². The number of hydrogen-bond acceptors (Lipinski definition) is 6. The Bertz CT molecular complexity index is 1010. The Morgan fingerprint density at radius 1 is 1.22 bits per heavy atom. The van der Waals surface area contributed by atoms with Gasteiger partial charge in [-0.05, 0) is 35.9 Å². The van der Waals surface area contributed by atoms with Gasteiger partial charge >= 0.3 is 5.97 Å². The van der Waals surface area contributed by atoms with Crippen LogP contribution in [-0.4, -0.2) is 23.0 Å². The third kappa shape index (κ3) is 3.05. The monoisotopic (exact) mass is 366 g/mol. The van der Waals surface area contributed by atoms with Crippen molar-refractivity contribution in [2.45, 2.75) is 19.3 Å². The van der Waals surface area contributed by atoms with E-state index < -0.39 is 16.6 Å². The van der Waals surface area contributed by atoms with E-state index in [9.17, 15) is 14.9 Å². The molecule has 0 fully saturated rings. The maximum atomic E-state index is 11.2. The SMILES string of the molecule is C=C1N(C)c2ccc(/N=N/c3ccc(C(=O)O)cc3[N+](=O)[O-])cc2C1(C)C. The van der Waals surface area contributed by atoms with Gasteiger partial charge in [-0.1, -0.05) is 20.4 Å². The van der Waals surface area contributed by atoms with Gasteiger partial charge in [0, 0.05) is 29.9 Å². The third-order valence-electron chi connectivity index (χ3n) is 4.83. The topological polar surface area (TPSA) is 108 Å². The number of nitro benzene ring substituents is 1. The van der Waals surface area contributed by atoms with Crippen molar-refractivity contribution in [1.82, 2.24) is 0 Å². The molecule has 0 saturated carbocycles. The molecule has 0 spiro atoms. The number of benzene rings is 2. The molecule has 27 heavy (non-hydrogen) atoms. The fourth-order valence-electron chi connectivity index (χ4n) is 3.10. The highest BCUT2D eigenvalue weighted by atomic mass is 16.6. The molecular formula is C19H18N4O4. The summed E-state index contributed by atoms with van der Waals surface area (Å²) >= 11 is 0. The number of fused-ring (bicyclic) bond motifs is 1. The average molecular weight is 366 g/mol. The van der Waals surface area contributed by atoms with Crippen LogP contribution in [0.3, 0.4) is 0 Å². The van der Waals surface area contributed by atoms with Gasteiger partial charge in [0.05, 0.1) is 16.2 Å². The minimum absolute atomic E-state index is 0.00807. The van der Waals surface area contributed by atoms with Gasteiger partial charge in [-0.3, -0.25) is 10.1 Å². The number of hydrogen-bond donors (Lipinski definition) is 1. The summed E-state index contributed by atoms with van der Waals surface area (Å²) < 4.78 is 0. The van der Waals surface area contributed by atoms with E-state index in [1.165, 1.54) is 12.1 Å². The Labute approximate surface area is 155 Å². The van der Waals surface area contributed by atoms with Crippen LogP contribution in [0.15, 0.2) is 58.9 Å². The number of azo groups is 1. The van der Waals surface area contributed by atoms with Crippen molar-refractivity contribution in [2.24, 2.45) is 10.2 Å². The van der Waals surface area contributed by atoms with Gasteiger partial charge in [0.15, 0.2) is 5.69 Å². The lowest BCUT2D eigenvalue weighted by Crippen LogP contribution is -2.21. The predicted molar refractivity (Wildman–Crippen MR) is 101 cm³/mol. The molecule has 1 aliphatic heterocycles. The highest BCUT2D eigenvalue weighted by Gasteiger charge is 2.37. The summed E-state index contributed by atoms with van der Waals surface area (Å²) in [7, 11) is 1.95. The summed E-state index contributed by atoms with van der Waals surface area (Å²) in [4.78, 5) is 23.6. The Hall–Kier alpha value is -3.55. The quantitative estimate of drug-likeness (QED) is 0.468. The molecule has 0 unspecified atom stereocenters. The summed E-state index contributed by atoms with van der Waals surface area (Å²) in [6, 6.07) is 9.06. The molecule has 0 aliphatic carbocycles. The molecule has 1 N–H and O–H groups in total. The normalized spacial score (nSPS) is 15.2. The molecule has 2 aromatic rings. The Morgan fingerprint density at radius 3 is 2.56 bits per heavy atom. The molecule has 0 amide bonds. The molecule has 0 radical (unpaired) electrons. The molecule has 8 heteroatoms. The maximum absolute atomic E-state index is 11.2. The van der Waals surface area contributed by atoms with Crippen molar-refractivity contribution < 1.29 is 14.8 Å². The number of nitrogens with zero attached hydrogens (tertiary/aromatic N) is 4. The molecule has 0 bridgehead atoms. The molecule has 0 saturated heterocycles. The first-order chi connectivity index (χ1) is 12.6. The predicted octanol–water partition coefficient (Wildman–Crippen LogP) is 4.95. The molecule has 1 heterocycles. The minimum Gasteiger partial charge on any atom is -0.478 e. The van der Waals surface area contributed by atoms with Crippen LogP contribution < -0.4 is 4.90 Å². The summed E-state index contributed by atoms with van der Waals surface area (Å²) in [5.74, 6) is -1.24. The van der Waals surface area contributed by atoms with Gasteiger partial charge in [0.2, 0.25) is 0 Å². The minimum atomic E-state index is -1.24. The van der Waals surface area contributed by atoms with E-state index in [0.29, 0.717) is 5.69 Å². The van der Waals surface area contributed by atoms with Crippen LogP contribution in [0.2, 0.25) is 0 Å². The molecular weight excluding hydrogens is 348 g/mol. The first kappa shape index (κ1) is 18.2. The van der Waals surface area contributed by atoms with E-state index >= 15 is 0 Å². The van der Waals surface area contributed by atoms with E-state index in [1.54, 1.807) is 6.07 Å². The highest BCUT2D eigenvalue weighted by molar-refractivity contribution is 5.89. The summed E-state index contributed by atoms with van der Waals surface area (Å²) in [6.07, 6.45) is 0. The molecule has 3 rings (SSSR count). The Morgan fingerprint density at radius 2 is 1.93 bits per heavy atom. The van der Waals surface area contributed by atoms with Crippen molar-refractivity contribution in [3.63, 3.8) is 0 Å². The van der Waals surface area contributed by atoms with Crippen LogP contribution in [0.5, 0.6) is 0 Å². The Balaban J connectivity index is 1.99. The van der Waals surface area contributed by atoms with Gasteiger partial charge in [-0.2, -0.15) is 5.11 Å². The number of allylic oxidation sites excluding steroid dienone is 1. The van der Waals surface area contributed by atoms with Crippen LogP contribution in [0.4, 0.5) is 22.7 Å². The number of nitro groups is 1.